The van der Waals surface area contributed by atoms with Crippen molar-refractivity contribution in [2.75, 3.05) is 0 Å². The van der Waals surface area contributed by atoms with Crippen LogP contribution < -0.4 is 4.50 Å². The molecule has 1 heterocycles. The molecule has 32 heavy (non-hydrogen) atoms. The van der Waals surface area contributed by atoms with Gasteiger partial charge in [0, 0.05) is 4.50 Å². The number of hydrogen-bond acceptors (Lipinski definition) is 2. The summed E-state index contributed by atoms with van der Waals surface area (Å²) in [6.45, 7) is 11.4. The third kappa shape index (κ3) is 12.0. The Balaban J connectivity index is 2.64. The van der Waals surface area contributed by atoms with E-state index in [4.69, 9.17) is 0 Å². The highest BCUT2D eigenvalue weighted by Crippen LogP contribution is 2.27. The first-order valence-corrected chi connectivity index (χ1v) is 18.0. The Morgan fingerprint density at radius 2 is 1.25 bits per heavy atom. The van der Waals surface area contributed by atoms with Gasteiger partial charge < -0.3 is 5.11 Å². The smallest absolute Gasteiger partial charge is 0.336 e. The van der Waals surface area contributed by atoms with E-state index >= 15 is 0 Å². The lowest BCUT2D eigenvalue weighted by Gasteiger charge is -2.19. The Hall–Kier alpha value is -0.613. The van der Waals surface area contributed by atoms with E-state index < -0.39 is 14.0 Å². The molecule has 0 bridgehead atoms. The number of carboxylic acid groups (broad SMARTS) is 1. The largest absolute Gasteiger partial charge is 0.478 e. The molecule has 1 atom stereocenters. The van der Waals surface area contributed by atoms with E-state index in [0.717, 1.165) is 12.0 Å². The van der Waals surface area contributed by atoms with Crippen LogP contribution in [0.25, 0.3) is 0 Å². The molecule has 0 amide bonds. The van der Waals surface area contributed by atoms with Gasteiger partial charge >= 0.3 is 5.97 Å². The molecule has 1 aromatic heterocycles. The Bertz CT molecular complexity index is 617. The summed E-state index contributed by atoms with van der Waals surface area (Å²) < 4.78 is 1.17. The van der Waals surface area contributed by atoms with Gasteiger partial charge in [-0.2, -0.15) is 11.3 Å². The molecule has 1 rings (SSSR count). The van der Waals surface area contributed by atoms with Crippen molar-refractivity contribution >= 4 is 29.9 Å². The highest BCUT2D eigenvalue weighted by Gasteiger charge is 2.28. The first kappa shape index (κ1) is 29.4. The van der Waals surface area contributed by atoms with E-state index in [0.29, 0.717) is 11.5 Å². The molecule has 186 valence electrons. The summed E-state index contributed by atoms with van der Waals surface area (Å²) in [5.74, 6) is -0.0625. The predicted molar refractivity (Wildman–Crippen MR) is 147 cm³/mol. The number of unbranched alkanes of at least 4 members (excludes halogenated alkanes) is 12. The molecule has 0 aliphatic heterocycles. The van der Waals surface area contributed by atoms with E-state index in [1.807, 2.05) is 0 Å². The molecule has 4 heteroatoms. The van der Waals surface area contributed by atoms with Crippen molar-refractivity contribution in [2.45, 2.75) is 143 Å². The van der Waals surface area contributed by atoms with E-state index in [2.05, 4.69) is 38.9 Å². The SMILES string of the molecule is CCCCCCCCCCC(CCCCCCCC)Cc1csc([Si](C)(C)C)c1C(=O)O. The quantitative estimate of drug-likeness (QED) is 0.149. The van der Waals surface area contributed by atoms with Gasteiger partial charge in [-0.25, -0.2) is 4.79 Å². The first-order valence-electron chi connectivity index (χ1n) is 13.6. The fraction of sp³-hybridized carbons (Fsp3) is 0.821. The number of carbonyl (C=O) groups is 1. The highest BCUT2D eigenvalue weighted by molar-refractivity contribution is 7.25. The topological polar surface area (TPSA) is 37.3 Å². The standard InChI is InChI=1S/C28H52O2SSi/c1-6-8-10-12-14-15-17-19-21-24(20-18-16-13-11-9-7-2)22-25-23-31-28(32(3,4)5)26(25)27(29)30/h23-24H,6-22H2,1-5H3,(H,29,30). The van der Waals surface area contributed by atoms with Gasteiger partial charge in [0.2, 0.25) is 0 Å². The van der Waals surface area contributed by atoms with Gasteiger partial charge in [-0.1, -0.05) is 136 Å². The minimum Gasteiger partial charge on any atom is -0.478 e. The van der Waals surface area contributed by atoms with Crippen molar-refractivity contribution in [3.05, 3.63) is 16.5 Å². The van der Waals surface area contributed by atoms with Crippen molar-refractivity contribution in [1.82, 2.24) is 0 Å². The molecule has 0 fully saturated rings. The minimum absolute atomic E-state index is 0.642. The maximum absolute atomic E-state index is 12.1. The van der Waals surface area contributed by atoms with Crippen molar-refractivity contribution in [3.63, 3.8) is 0 Å². The number of thiophene rings is 1. The molecule has 0 aromatic carbocycles. The monoisotopic (exact) mass is 480 g/mol. The Morgan fingerprint density at radius 1 is 0.812 bits per heavy atom. The molecule has 0 spiro atoms. The van der Waals surface area contributed by atoms with Crippen LogP contribution in [0, 0.1) is 5.92 Å². The second kappa shape index (κ2) is 16.9. The Kier molecular flexibility index (Phi) is 15.6. The van der Waals surface area contributed by atoms with Gasteiger partial charge in [0.1, 0.15) is 0 Å². The van der Waals surface area contributed by atoms with Gasteiger partial charge in [0.25, 0.3) is 0 Å². The van der Waals surface area contributed by atoms with Crippen molar-refractivity contribution in [3.8, 4) is 0 Å². The summed E-state index contributed by atoms with van der Waals surface area (Å²) in [6.07, 6.45) is 22.4. The van der Waals surface area contributed by atoms with Gasteiger partial charge in [-0.15, -0.1) is 0 Å². The van der Waals surface area contributed by atoms with Gasteiger partial charge in [0.05, 0.1) is 13.6 Å². The van der Waals surface area contributed by atoms with Crippen molar-refractivity contribution in [2.24, 2.45) is 5.92 Å². The first-order chi connectivity index (χ1) is 15.3. The van der Waals surface area contributed by atoms with Gasteiger partial charge in [0.15, 0.2) is 0 Å². The number of aromatic carboxylic acids is 1. The number of rotatable bonds is 20. The molecule has 0 radical (unpaired) electrons. The minimum atomic E-state index is -1.63. The summed E-state index contributed by atoms with van der Waals surface area (Å²) in [6, 6.07) is 0. The highest BCUT2D eigenvalue weighted by atomic mass is 32.1. The summed E-state index contributed by atoms with van der Waals surface area (Å²) in [7, 11) is -1.63. The Labute approximate surface area is 204 Å². The third-order valence-electron chi connectivity index (χ3n) is 6.70. The zero-order valence-electron chi connectivity index (χ0n) is 21.9. The van der Waals surface area contributed by atoms with E-state index in [9.17, 15) is 9.90 Å². The summed E-state index contributed by atoms with van der Waals surface area (Å²) in [5, 5.41) is 12.2. The van der Waals surface area contributed by atoms with Crippen LogP contribution in [-0.4, -0.2) is 19.1 Å². The van der Waals surface area contributed by atoms with Crippen LogP contribution in [0.5, 0.6) is 0 Å². The average Bonchev–Trinajstić information content (AvgIpc) is 3.16. The average molecular weight is 481 g/mol. The summed E-state index contributed by atoms with van der Waals surface area (Å²) in [4.78, 5) is 12.1. The molecule has 0 aliphatic carbocycles. The predicted octanol–water partition coefficient (Wildman–Crippen LogP) is 9.43. The molecule has 2 nitrogen and oxygen atoms in total. The molecule has 0 saturated heterocycles. The Morgan fingerprint density at radius 3 is 1.66 bits per heavy atom. The maximum Gasteiger partial charge on any atom is 0.336 e. The fourth-order valence-electron chi connectivity index (χ4n) is 4.77. The van der Waals surface area contributed by atoms with Crippen molar-refractivity contribution < 1.29 is 9.90 Å². The van der Waals surface area contributed by atoms with Crippen molar-refractivity contribution in [1.29, 1.82) is 0 Å². The van der Waals surface area contributed by atoms with Gasteiger partial charge in [-0.05, 0) is 23.3 Å². The van der Waals surface area contributed by atoms with Crippen LogP contribution >= 0.6 is 11.3 Å². The summed E-state index contributed by atoms with van der Waals surface area (Å²) in [5.41, 5.74) is 1.79. The molecule has 1 unspecified atom stereocenters. The van der Waals surface area contributed by atoms with Gasteiger partial charge in [-0.3, -0.25) is 0 Å². The molecule has 1 aromatic rings. The normalized spacial score (nSPS) is 12.9. The molecule has 0 aliphatic rings. The van der Waals surface area contributed by atoms with E-state index in [1.54, 1.807) is 11.3 Å². The number of hydrogen-bond donors (Lipinski definition) is 1. The van der Waals surface area contributed by atoms with E-state index in [-0.39, 0.29) is 0 Å². The van der Waals surface area contributed by atoms with Crippen LogP contribution in [0.15, 0.2) is 5.38 Å². The second-order valence-corrected chi connectivity index (χ2v) is 17.2. The van der Waals surface area contributed by atoms with Crippen LogP contribution in [0.2, 0.25) is 19.6 Å². The lowest BCUT2D eigenvalue weighted by molar-refractivity contribution is 0.0697. The third-order valence-corrected chi connectivity index (χ3v) is 11.3. The summed E-state index contributed by atoms with van der Waals surface area (Å²) >= 11 is 1.71. The van der Waals surface area contributed by atoms with Crippen LogP contribution in [0.3, 0.4) is 0 Å². The second-order valence-electron chi connectivity index (χ2n) is 10.9. The zero-order valence-corrected chi connectivity index (χ0v) is 23.8. The zero-order chi connectivity index (χ0) is 23.8. The molecular formula is C28H52O2SSi. The number of carboxylic acids is 1. The molecule has 0 saturated carbocycles. The van der Waals surface area contributed by atoms with E-state index in [1.165, 1.54) is 107 Å². The lowest BCUT2D eigenvalue weighted by atomic mass is 9.88. The molecular weight excluding hydrogens is 428 g/mol. The van der Waals surface area contributed by atoms with Crippen LogP contribution in [0.1, 0.15) is 133 Å². The fourth-order valence-corrected chi connectivity index (χ4v) is 8.19. The van der Waals surface area contributed by atoms with Crippen LogP contribution in [0.4, 0.5) is 0 Å². The maximum atomic E-state index is 12.1. The van der Waals surface area contributed by atoms with Crippen LogP contribution in [-0.2, 0) is 6.42 Å². The lowest BCUT2D eigenvalue weighted by Crippen LogP contribution is -2.39. The molecule has 1 N–H and O–H groups in total.